The molecule has 4 aromatic rings. The number of para-hydroxylation sites is 1. The number of rotatable bonds is 5. The fourth-order valence-electron chi connectivity index (χ4n) is 2.75. The van der Waals surface area contributed by atoms with Gasteiger partial charge in [0.25, 0.3) is 11.8 Å². The van der Waals surface area contributed by atoms with Crippen molar-refractivity contribution in [3.63, 3.8) is 0 Å². The summed E-state index contributed by atoms with van der Waals surface area (Å²) in [5, 5.41) is 13.5. The molecule has 2 N–H and O–H groups in total. The van der Waals surface area contributed by atoms with Gasteiger partial charge in [0.05, 0.1) is 17.5 Å². The first kappa shape index (κ1) is 18.2. The zero-order valence-corrected chi connectivity index (χ0v) is 15.4. The van der Waals surface area contributed by atoms with Crippen molar-refractivity contribution >= 4 is 23.2 Å². The van der Waals surface area contributed by atoms with Gasteiger partial charge < -0.3 is 19.5 Å². The van der Waals surface area contributed by atoms with Crippen LogP contribution in [0.3, 0.4) is 0 Å². The van der Waals surface area contributed by atoms with Crippen molar-refractivity contribution in [2.24, 2.45) is 0 Å². The molecule has 0 saturated heterocycles. The molecule has 0 aliphatic rings. The largest absolute Gasteiger partial charge is 0.459 e. The average molecular weight is 388 g/mol. The van der Waals surface area contributed by atoms with Crippen molar-refractivity contribution in [3.05, 3.63) is 72.5 Å². The minimum atomic E-state index is -0.353. The fourth-order valence-corrected chi connectivity index (χ4v) is 2.75. The zero-order chi connectivity index (χ0) is 20.2. The minimum absolute atomic E-state index is 0.254. The second-order valence-electron chi connectivity index (χ2n) is 6.15. The predicted octanol–water partition coefficient (Wildman–Crippen LogP) is 4.21. The number of anilines is 2. The Balaban J connectivity index is 1.56. The first-order valence-corrected chi connectivity index (χ1v) is 8.76. The molecule has 0 unspecified atom stereocenters. The summed E-state index contributed by atoms with van der Waals surface area (Å²) in [6, 6.07) is 17.3. The van der Waals surface area contributed by atoms with Gasteiger partial charge in [-0.2, -0.15) is 0 Å². The van der Waals surface area contributed by atoms with Gasteiger partial charge in [0.2, 0.25) is 11.8 Å². The number of benzene rings is 2. The van der Waals surface area contributed by atoms with Gasteiger partial charge in [0.15, 0.2) is 5.76 Å². The lowest BCUT2D eigenvalue weighted by atomic mass is 10.1. The topological polar surface area (TPSA) is 110 Å². The summed E-state index contributed by atoms with van der Waals surface area (Å²) in [5.41, 5.74) is 1.98. The monoisotopic (exact) mass is 388 g/mol. The van der Waals surface area contributed by atoms with Crippen molar-refractivity contribution in [2.45, 2.75) is 6.92 Å². The summed E-state index contributed by atoms with van der Waals surface area (Å²) in [7, 11) is 0. The molecule has 2 amide bonds. The molecule has 0 radical (unpaired) electrons. The molecule has 8 nitrogen and oxygen atoms in total. The zero-order valence-electron chi connectivity index (χ0n) is 15.4. The standard InChI is InChI=1S/C21H16N4O4/c1-13(26)22-17-9-3-2-8-16(17)19(27)23-15-7-4-6-14(12-15)20-24-25-21(29-20)18-10-5-11-28-18/h2-12H,1H3,(H,22,26)(H,23,27). The van der Waals surface area contributed by atoms with E-state index >= 15 is 0 Å². The maximum absolute atomic E-state index is 12.7. The van der Waals surface area contributed by atoms with Crippen molar-refractivity contribution < 1.29 is 18.4 Å². The van der Waals surface area contributed by atoms with E-state index in [-0.39, 0.29) is 17.7 Å². The number of hydrogen-bond donors (Lipinski definition) is 2. The van der Waals surface area contributed by atoms with E-state index in [1.165, 1.54) is 13.2 Å². The maximum atomic E-state index is 12.7. The van der Waals surface area contributed by atoms with E-state index in [1.54, 1.807) is 60.7 Å². The molecule has 0 aliphatic carbocycles. The highest BCUT2D eigenvalue weighted by Crippen LogP contribution is 2.26. The normalized spacial score (nSPS) is 10.5. The number of nitrogens with one attached hydrogen (secondary N) is 2. The molecule has 0 spiro atoms. The number of aromatic nitrogens is 2. The van der Waals surface area contributed by atoms with Crippen LogP contribution in [0, 0.1) is 0 Å². The van der Waals surface area contributed by atoms with Crippen LogP contribution >= 0.6 is 0 Å². The smallest absolute Gasteiger partial charge is 0.283 e. The van der Waals surface area contributed by atoms with Gasteiger partial charge in [0, 0.05) is 18.2 Å². The maximum Gasteiger partial charge on any atom is 0.283 e. The van der Waals surface area contributed by atoms with E-state index in [2.05, 4.69) is 20.8 Å². The Morgan fingerprint density at radius 1 is 0.897 bits per heavy atom. The lowest BCUT2D eigenvalue weighted by Gasteiger charge is -2.10. The Kier molecular flexibility index (Phi) is 4.90. The molecule has 0 saturated carbocycles. The Morgan fingerprint density at radius 3 is 2.52 bits per heavy atom. The number of furan rings is 1. The highest BCUT2D eigenvalue weighted by atomic mass is 16.4. The second-order valence-corrected chi connectivity index (χ2v) is 6.15. The van der Waals surface area contributed by atoms with Crippen LogP contribution in [0.1, 0.15) is 17.3 Å². The van der Waals surface area contributed by atoms with E-state index < -0.39 is 0 Å². The summed E-state index contributed by atoms with van der Waals surface area (Å²) in [5.74, 6) is 0.432. The van der Waals surface area contributed by atoms with Crippen LogP contribution in [-0.2, 0) is 4.79 Å². The molecule has 0 aliphatic heterocycles. The van der Waals surface area contributed by atoms with E-state index in [4.69, 9.17) is 8.83 Å². The van der Waals surface area contributed by atoms with Crippen LogP contribution in [-0.4, -0.2) is 22.0 Å². The molecule has 0 bridgehead atoms. The van der Waals surface area contributed by atoms with Crippen molar-refractivity contribution in [1.82, 2.24) is 10.2 Å². The number of nitrogens with zero attached hydrogens (tertiary/aromatic N) is 2. The van der Waals surface area contributed by atoms with Crippen molar-refractivity contribution in [2.75, 3.05) is 10.6 Å². The minimum Gasteiger partial charge on any atom is -0.459 e. The SMILES string of the molecule is CC(=O)Nc1ccccc1C(=O)Nc1cccc(-c2nnc(-c3ccco3)o2)c1. The number of hydrogen-bond acceptors (Lipinski definition) is 6. The van der Waals surface area contributed by atoms with Crippen LogP contribution in [0.2, 0.25) is 0 Å². The molecule has 0 fully saturated rings. The molecule has 4 rings (SSSR count). The van der Waals surface area contributed by atoms with Gasteiger partial charge in [-0.05, 0) is 42.5 Å². The van der Waals surface area contributed by atoms with Gasteiger partial charge in [-0.25, -0.2) is 0 Å². The average Bonchev–Trinajstić information content (AvgIpc) is 3.40. The lowest BCUT2D eigenvalue weighted by Crippen LogP contribution is -2.16. The number of amides is 2. The van der Waals surface area contributed by atoms with E-state index in [1.807, 2.05) is 0 Å². The van der Waals surface area contributed by atoms with Crippen LogP contribution < -0.4 is 10.6 Å². The molecule has 8 heteroatoms. The molecule has 2 heterocycles. The van der Waals surface area contributed by atoms with E-state index in [0.717, 1.165) is 0 Å². The summed E-state index contributed by atoms with van der Waals surface area (Å²) < 4.78 is 10.9. The number of carbonyl (C=O) groups is 2. The van der Waals surface area contributed by atoms with Gasteiger partial charge in [0.1, 0.15) is 0 Å². The third kappa shape index (κ3) is 4.06. The third-order valence-electron chi connectivity index (χ3n) is 4.01. The van der Waals surface area contributed by atoms with Gasteiger partial charge >= 0.3 is 0 Å². The Labute approximate surface area is 165 Å². The molecule has 2 aromatic heterocycles. The van der Waals surface area contributed by atoms with Crippen LogP contribution in [0.15, 0.2) is 75.8 Å². The second kappa shape index (κ2) is 7.81. The molecule has 144 valence electrons. The molecule has 0 atom stereocenters. The summed E-state index contributed by atoms with van der Waals surface area (Å²) in [6.07, 6.45) is 1.52. The van der Waals surface area contributed by atoms with Crippen molar-refractivity contribution in [1.29, 1.82) is 0 Å². The van der Waals surface area contributed by atoms with E-state index in [0.29, 0.717) is 34.2 Å². The quantitative estimate of drug-likeness (QED) is 0.530. The Hall–Kier alpha value is -4.20. The Morgan fingerprint density at radius 2 is 1.72 bits per heavy atom. The molecule has 2 aromatic carbocycles. The molecular weight excluding hydrogens is 372 g/mol. The first-order valence-electron chi connectivity index (χ1n) is 8.76. The van der Waals surface area contributed by atoms with Crippen LogP contribution in [0.4, 0.5) is 11.4 Å². The van der Waals surface area contributed by atoms with Gasteiger partial charge in [-0.1, -0.05) is 18.2 Å². The summed E-state index contributed by atoms with van der Waals surface area (Å²) >= 11 is 0. The predicted molar refractivity (Wildman–Crippen MR) is 106 cm³/mol. The van der Waals surface area contributed by atoms with Crippen LogP contribution in [0.25, 0.3) is 23.1 Å². The van der Waals surface area contributed by atoms with Gasteiger partial charge in [-0.3, -0.25) is 9.59 Å². The number of carbonyl (C=O) groups excluding carboxylic acids is 2. The van der Waals surface area contributed by atoms with Gasteiger partial charge in [-0.15, -0.1) is 10.2 Å². The summed E-state index contributed by atoms with van der Waals surface area (Å²) in [6.45, 7) is 1.39. The fraction of sp³-hybridized carbons (Fsp3) is 0.0476. The first-order chi connectivity index (χ1) is 14.1. The third-order valence-corrected chi connectivity index (χ3v) is 4.01. The molecular formula is C21H16N4O4. The van der Waals surface area contributed by atoms with E-state index in [9.17, 15) is 9.59 Å². The highest BCUT2D eigenvalue weighted by molar-refractivity contribution is 6.10. The molecule has 29 heavy (non-hydrogen) atoms. The highest BCUT2D eigenvalue weighted by Gasteiger charge is 2.15. The van der Waals surface area contributed by atoms with Crippen LogP contribution in [0.5, 0.6) is 0 Å². The Bertz CT molecular complexity index is 1160. The lowest BCUT2D eigenvalue weighted by molar-refractivity contribution is -0.114. The van der Waals surface area contributed by atoms with Crippen molar-refractivity contribution in [3.8, 4) is 23.1 Å². The summed E-state index contributed by atoms with van der Waals surface area (Å²) in [4.78, 5) is 24.1.